The lowest BCUT2D eigenvalue weighted by molar-refractivity contribution is -0.146. The van der Waals surface area contributed by atoms with Crippen molar-refractivity contribution in [2.75, 3.05) is 19.6 Å². The van der Waals surface area contributed by atoms with Gasteiger partial charge in [-0.05, 0) is 198 Å². The van der Waals surface area contributed by atoms with Crippen LogP contribution in [0.4, 0.5) is 17.6 Å². The summed E-state index contributed by atoms with van der Waals surface area (Å²) >= 11 is 0. The van der Waals surface area contributed by atoms with Crippen LogP contribution < -0.4 is 16.0 Å². The number of halogens is 4. The van der Waals surface area contributed by atoms with Crippen LogP contribution in [0.1, 0.15) is 390 Å². The second-order valence-electron chi connectivity index (χ2n) is 48.6. The Morgan fingerprint density at radius 2 is 0.747 bits per heavy atom. The molecular formula is C116H164F4N12O18. The van der Waals surface area contributed by atoms with Crippen molar-refractivity contribution in [3.8, 4) is 0 Å². The van der Waals surface area contributed by atoms with Crippen molar-refractivity contribution in [2.24, 2.45) is 123 Å². The first kappa shape index (κ1) is 117. The Bertz CT molecular complexity index is 5270. The van der Waals surface area contributed by atoms with E-state index in [9.17, 15) is 86.3 Å². The van der Waals surface area contributed by atoms with Crippen LogP contribution in [-0.4, -0.2) is 217 Å². The van der Waals surface area contributed by atoms with Gasteiger partial charge in [0.1, 0.15) is 29.5 Å². The van der Waals surface area contributed by atoms with Crippen LogP contribution in [0, 0.1) is 123 Å². The number of carbonyl (C=O) groups is 18. The molecule has 15 rings (SSSR count). The highest BCUT2D eigenvalue weighted by molar-refractivity contribution is 6.39. The second kappa shape index (κ2) is 52.3. The minimum atomic E-state index is -3.08. The molecule has 9 saturated carbocycles. The number of fused-ring (bicyclic) bond motifs is 3. The molecule has 3 saturated heterocycles. The topological polar surface area (TPSA) is 433 Å². The van der Waals surface area contributed by atoms with Crippen LogP contribution in [0.15, 0.2) is 49.6 Å². The van der Waals surface area contributed by atoms with E-state index in [-0.39, 0.29) is 189 Å². The molecule has 34 heteroatoms. The van der Waals surface area contributed by atoms with Gasteiger partial charge >= 0.3 is 0 Å². The SMILES string of the molecule is CCC[C@@H](CC(=O)[C@@H]1[C@H]2CCC(F)(F)C2CN1C(=O)[C@@H](NC(=O)[C@H](CC(=O)c1cnccn1)C1CCCCC1)C(C)(C)C)C(=O)C(=O)CC1CC1.CCC[C@@H](CC(=O)[C@@H]1[C@H]2CCC(F)(F)C2CN1C(=O)[C@@H](NC(=O)[C@H](CC(=O)c1ncc[nH]1)C1CCCCC1)C(C)(C)C)C(=O)C(=O)CC1CC1.CCC[C@@H](CC(=O)[C@@H]1[C@H]2CCCC2CN1C(=O)[C@@H](NC(=O)[C@H](CC(=O)c1cnccn1)C1CCCCC1)C(C)CC)C(=O)C(=O)CC1CC1. The van der Waals surface area contributed by atoms with E-state index in [4.69, 9.17) is 0 Å². The van der Waals surface area contributed by atoms with Gasteiger partial charge in [-0.2, -0.15) is 0 Å². The molecule has 3 aromatic heterocycles. The average molecular weight is 2090 g/mol. The van der Waals surface area contributed by atoms with Crippen LogP contribution in [0.5, 0.6) is 0 Å². The summed E-state index contributed by atoms with van der Waals surface area (Å²) in [6.45, 7) is 19.9. The number of alkyl halides is 4. The smallest absolute Gasteiger partial charge is 0.253 e. The van der Waals surface area contributed by atoms with Gasteiger partial charge in [0.25, 0.3) is 11.8 Å². The zero-order valence-corrected chi connectivity index (χ0v) is 90.2. The fraction of sp³-hybridized carbons (Fsp3) is 0.750. The quantitative estimate of drug-likeness (QED) is 0.0232. The van der Waals surface area contributed by atoms with E-state index in [2.05, 4.69) is 45.9 Å². The van der Waals surface area contributed by atoms with E-state index in [1.54, 1.807) is 46.4 Å². The van der Waals surface area contributed by atoms with E-state index < -0.39 is 195 Å². The van der Waals surface area contributed by atoms with Crippen molar-refractivity contribution in [1.82, 2.24) is 60.6 Å². The molecule has 824 valence electrons. The second-order valence-corrected chi connectivity index (χ2v) is 48.6. The third kappa shape index (κ3) is 29.7. The minimum absolute atomic E-state index is 0.00209. The van der Waals surface area contributed by atoms with E-state index in [1.807, 2.05) is 34.6 Å². The van der Waals surface area contributed by atoms with Crippen molar-refractivity contribution >= 4 is 105 Å². The normalized spacial score (nSPS) is 25.1. The van der Waals surface area contributed by atoms with Crippen molar-refractivity contribution in [3.05, 3.63) is 66.8 Å². The zero-order valence-electron chi connectivity index (χ0n) is 90.2. The number of hydrogen-bond acceptors (Lipinski definition) is 23. The molecule has 12 fully saturated rings. The number of carbonyl (C=O) groups excluding carboxylic acids is 18. The first-order valence-electron chi connectivity index (χ1n) is 56.8. The molecule has 0 aromatic carbocycles. The summed E-state index contributed by atoms with van der Waals surface area (Å²) in [5.74, 6) is -21.6. The van der Waals surface area contributed by atoms with E-state index in [0.717, 1.165) is 154 Å². The summed E-state index contributed by atoms with van der Waals surface area (Å²) in [7, 11) is 0. The van der Waals surface area contributed by atoms with Gasteiger partial charge in [0.15, 0.2) is 57.9 Å². The molecule has 4 unspecified atom stereocenters. The highest BCUT2D eigenvalue weighted by atomic mass is 19.3. The lowest BCUT2D eigenvalue weighted by atomic mass is 9.76. The van der Waals surface area contributed by atoms with Crippen molar-refractivity contribution in [2.45, 2.75) is 407 Å². The van der Waals surface area contributed by atoms with E-state index in [0.29, 0.717) is 57.4 Å². The van der Waals surface area contributed by atoms with Crippen LogP contribution in [0.3, 0.4) is 0 Å². The van der Waals surface area contributed by atoms with Crippen molar-refractivity contribution in [1.29, 1.82) is 0 Å². The lowest BCUT2D eigenvalue weighted by Crippen LogP contribution is -2.58. The highest BCUT2D eigenvalue weighted by Crippen LogP contribution is 2.55. The largest absolute Gasteiger partial charge is 0.344 e. The molecule has 3 aliphatic heterocycles. The summed E-state index contributed by atoms with van der Waals surface area (Å²) in [4.78, 5) is 274. The molecule has 0 radical (unpaired) electrons. The molecule has 30 nitrogen and oxygen atoms in total. The number of Topliss-reactive ketones (excluding diaryl/α,β-unsaturated/α-hetero) is 12. The minimum Gasteiger partial charge on any atom is -0.344 e. The standard InChI is InChI=1S/C39H54F2N4O6.C39H56N4O6.C38H54F2N4O6/c1-5-9-25(34(49)32(48)18-23-12-13-23)19-31(47)33-26-14-15-39(40,41)28(26)22-45(33)37(51)35(38(2,3)4)44-36(50)27(24-10-7-6-8-11-24)20-30(46)29-21-42-16-17-43-29;1-4-10-27(37(47)34(46)19-25-15-16-25)20-33(45)36-29-14-9-13-28(29)23-43(36)39(49)35(24(3)5-2)42-38(48)30(26-11-7-6-8-12-26)21-32(44)31-22-40-17-18-41-31;1-5-9-24(32(48)29(46)18-22-12-13-22)19-28(45)31-25-14-15-38(39,40)27(25)21-44(31)36(50)33(37(2,3)4)43-35(49)26(23-10-7-6-8-11-23)20-30(47)34-41-16-17-42-34/h16-17,21,23-28,33,35H,5-15,18-20,22H2,1-4H3,(H,44,50);17-18,22,24-30,35-36H,4-16,19-21,23H2,1-3H3,(H,42,48);16-17,22-27,31,33H,5-15,18-21H2,1-4H3,(H,41,42)(H,43,49)/t25-,26-,27+,28?,33-,35+;24?,27-,28?,29-,30+,35-,36-;24-,25-,26+,27?,31-,33+/m000/s1. The Hall–Kier alpha value is -10.1. The van der Waals surface area contributed by atoms with E-state index in [1.165, 1.54) is 59.4 Å². The first-order valence-corrected chi connectivity index (χ1v) is 56.8. The fourth-order valence-corrected chi connectivity index (χ4v) is 26.1. The molecule has 0 spiro atoms. The summed E-state index contributed by atoms with van der Waals surface area (Å²) in [5.41, 5.74) is -1.39. The molecule has 9 aliphatic carbocycles. The number of hydrogen-bond donors (Lipinski definition) is 4. The summed E-state index contributed by atoms with van der Waals surface area (Å²) in [6, 6.07) is -6.26. The van der Waals surface area contributed by atoms with Gasteiger partial charge in [0, 0.05) is 175 Å². The molecule has 6 heterocycles. The fourth-order valence-electron chi connectivity index (χ4n) is 26.1. The lowest BCUT2D eigenvalue weighted by Gasteiger charge is -2.38. The summed E-state index contributed by atoms with van der Waals surface area (Å²) < 4.78 is 61.1. The monoisotopic (exact) mass is 2090 g/mol. The molecule has 12 aliphatic rings. The Morgan fingerprint density at radius 1 is 0.393 bits per heavy atom. The summed E-state index contributed by atoms with van der Waals surface area (Å²) in [5, 5.41) is 8.99. The number of amides is 6. The molecule has 3 aromatic rings. The summed E-state index contributed by atoms with van der Waals surface area (Å²) in [6.07, 6.45) is 36.1. The van der Waals surface area contributed by atoms with Gasteiger partial charge in [0.2, 0.25) is 52.8 Å². The van der Waals surface area contributed by atoms with Gasteiger partial charge in [0.05, 0.1) is 30.5 Å². The Morgan fingerprint density at radius 3 is 1.07 bits per heavy atom. The highest BCUT2D eigenvalue weighted by Gasteiger charge is 2.64. The van der Waals surface area contributed by atoms with Crippen LogP contribution in [0.2, 0.25) is 0 Å². The third-order valence-electron chi connectivity index (χ3n) is 35.4. The van der Waals surface area contributed by atoms with Gasteiger partial charge in [-0.15, -0.1) is 0 Å². The Kier molecular flexibility index (Phi) is 40.8. The Labute approximate surface area is 881 Å². The predicted octanol–water partition coefficient (Wildman–Crippen LogP) is 17.6. The predicted molar refractivity (Wildman–Crippen MR) is 550 cm³/mol. The number of imidazole rings is 1. The maximum atomic E-state index is 15.3. The number of aromatic amines is 1. The number of rotatable bonds is 50. The third-order valence-corrected chi connectivity index (χ3v) is 35.4. The number of ketones is 12. The van der Waals surface area contributed by atoms with Gasteiger partial charge in [-0.25, -0.2) is 32.5 Å². The first-order chi connectivity index (χ1) is 71.4. The molecule has 0 bridgehead atoms. The van der Waals surface area contributed by atoms with E-state index >= 15 is 17.6 Å². The van der Waals surface area contributed by atoms with Crippen molar-refractivity contribution in [3.63, 3.8) is 0 Å². The average Bonchev–Trinajstić information content (AvgIpc) is 1.59. The van der Waals surface area contributed by atoms with Crippen molar-refractivity contribution < 1.29 is 104 Å². The molecule has 4 N–H and O–H groups in total. The number of H-pyrrole nitrogens is 1. The maximum Gasteiger partial charge on any atom is 0.253 e. The van der Waals surface area contributed by atoms with Gasteiger partial charge < -0.3 is 35.6 Å². The number of nitrogens with one attached hydrogen (secondary N) is 4. The molecule has 6 amide bonds. The van der Waals surface area contributed by atoms with Crippen LogP contribution in [-0.2, 0) is 71.9 Å². The van der Waals surface area contributed by atoms with Gasteiger partial charge in [-0.1, -0.05) is 166 Å². The number of aromatic nitrogens is 6. The number of likely N-dealkylation sites (tertiary alicyclic amines) is 3. The zero-order chi connectivity index (χ0) is 109. The maximum absolute atomic E-state index is 15.3. The molecule has 19 atom stereocenters. The Balaban J connectivity index is 0.000000187. The van der Waals surface area contributed by atoms with Crippen LogP contribution >= 0.6 is 0 Å². The van der Waals surface area contributed by atoms with Gasteiger partial charge in [-0.3, -0.25) is 96.3 Å². The number of nitrogens with zero attached hydrogens (tertiary/aromatic N) is 8. The van der Waals surface area contributed by atoms with Crippen LogP contribution in [0.25, 0.3) is 0 Å². The molecule has 150 heavy (non-hydrogen) atoms. The molecular weight excluding hydrogens is 1930 g/mol.